The van der Waals surface area contributed by atoms with Crippen molar-refractivity contribution >= 4 is 28.4 Å². The van der Waals surface area contributed by atoms with Gasteiger partial charge in [-0.25, -0.2) is 9.97 Å². The number of aromatic nitrogens is 3. The van der Waals surface area contributed by atoms with E-state index in [0.29, 0.717) is 0 Å². The fourth-order valence-electron chi connectivity index (χ4n) is 1.88. The van der Waals surface area contributed by atoms with Crippen molar-refractivity contribution in [1.82, 2.24) is 15.0 Å². The molecule has 0 aliphatic rings. The number of nitrogens with one attached hydrogen (secondary N) is 1. The number of halogens is 1. The summed E-state index contributed by atoms with van der Waals surface area (Å²) in [5.41, 5.74) is 3.23. The molecular formula is C14H17IN4. The molecule has 0 spiro atoms. The van der Waals surface area contributed by atoms with E-state index in [-0.39, 0.29) is 0 Å². The summed E-state index contributed by atoms with van der Waals surface area (Å²) < 4.78 is 1.10. The average Bonchev–Trinajstić information content (AvgIpc) is 2.42. The Morgan fingerprint density at radius 3 is 2.74 bits per heavy atom. The van der Waals surface area contributed by atoms with Crippen LogP contribution in [-0.2, 0) is 6.42 Å². The Labute approximate surface area is 127 Å². The Hall–Kier alpha value is -1.24. The van der Waals surface area contributed by atoms with Crippen LogP contribution in [0.15, 0.2) is 18.5 Å². The zero-order valence-corrected chi connectivity index (χ0v) is 13.5. The van der Waals surface area contributed by atoms with Gasteiger partial charge in [0.15, 0.2) is 5.82 Å². The summed E-state index contributed by atoms with van der Waals surface area (Å²) in [6, 6.07) is 1.98. The molecule has 1 N–H and O–H groups in total. The Bertz CT molecular complexity index is 584. The Morgan fingerprint density at radius 1 is 1.32 bits per heavy atom. The van der Waals surface area contributed by atoms with Gasteiger partial charge in [0.1, 0.15) is 5.82 Å². The summed E-state index contributed by atoms with van der Waals surface area (Å²) >= 11 is 2.31. The molecule has 0 fully saturated rings. The Balaban J connectivity index is 2.58. The van der Waals surface area contributed by atoms with E-state index >= 15 is 0 Å². The van der Waals surface area contributed by atoms with Gasteiger partial charge in [-0.15, -0.1) is 0 Å². The summed E-state index contributed by atoms with van der Waals surface area (Å²) in [4.78, 5) is 13.5. The molecule has 0 saturated heterocycles. The number of hydrogen-bond donors (Lipinski definition) is 1. The third-order valence-electron chi connectivity index (χ3n) is 2.92. The molecule has 100 valence electrons. The summed E-state index contributed by atoms with van der Waals surface area (Å²) in [7, 11) is 1.89. The van der Waals surface area contributed by atoms with E-state index in [1.165, 1.54) is 0 Å². The average molecular weight is 368 g/mol. The number of nitrogens with zero attached hydrogens (tertiary/aromatic N) is 3. The number of hydrogen-bond acceptors (Lipinski definition) is 4. The third kappa shape index (κ3) is 3.02. The second-order valence-corrected chi connectivity index (χ2v) is 5.43. The first-order chi connectivity index (χ1) is 9.17. The van der Waals surface area contributed by atoms with Gasteiger partial charge in [0.2, 0.25) is 0 Å². The highest BCUT2D eigenvalue weighted by molar-refractivity contribution is 14.1. The van der Waals surface area contributed by atoms with Gasteiger partial charge in [-0.05, 0) is 47.6 Å². The van der Waals surface area contributed by atoms with Crippen LogP contribution in [0.2, 0.25) is 0 Å². The molecule has 5 heteroatoms. The lowest BCUT2D eigenvalue weighted by Gasteiger charge is -2.11. The molecule has 0 saturated carbocycles. The normalized spacial score (nSPS) is 10.5. The second-order valence-electron chi connectivity index (χ2n) is 4.35. The predicted molar refractivity (Wildman–Crippen MR) is 86.3 cm³/mol. The Kier molecular flexibility index (Phi) is 4.68. The van der Waals surface area contributed by atoms with Crippen LogP contribution in [0, 0.1) is 10.5 Å². The standard InChI is InChI=1S/C14H17IN4/c1-4-5-11-12(15)14(16-3)19-13(18-11)10-8-17-7-6-9(10)2/h6-8H,4-5H2,1-3H3,(H,16,18,19). The third-order valence-corrected chi connectivity index (χ3v) is 4.06. The molecule has 2 aromatic heterocycles. The van der Waals surface area contributed by atoms with E-state index in [9.17, 15) is 0 Å². The van der Waals surface area contributed by atoms with Crippen LogP contribution in [-0.4, -0.2) is 22.0 Å². The molecule has 4 nitrogen and oxygen atoms in total. The van der Waals surface area contributed by atoms with Crippen molar-refractivity contribution in [1.29, 1.82) is 0 Å². The predicted octanol–water partition coefficient (Wildman–Crippen LogP) is 3.45. The van der Waals surface area contributed by atoms with Crippen LogP contribution in [0.1, 0.15) is 24.6 Å². The van der Waals surface area contributed by atoms with Gasteiger partial charge < -0.3 is 5.32 Å². The van der Waals surface area contributed by atoms with E-state index < -0.39 is 0 Å². The zero-order chi connectivity index (χ0) is 13.8. The lowest BCUT2D eigenvalue weighted by atomic mass is 10.1. The minimum atomic E-state index is 0.749. The van der Waals surface area contributed by atoms with Crippen LogP contribution >= 0.6 is 22.6 Å². The molecule has 2 rings (SSSR count). The molecule has 2 heterocycles. The van der Waals surface area contributed by atoms with Gasteiger partial charge in [-0.1, -0.05) is 13.3 Å². The fourth-order valence-corrected chi connectivity index (χ4v) is 2.66. The van der Waals surface area contributed by atoms with Crippen LogP contribution in [0.3, 0.4) is 0 Å². The quantitative estimate of drug-likeness (QED) is 0.840. The van der Waals surface area contributed by atoms with E-state index in [2.05, 4.69) is 51.7 Å². The maximum absolute atomic E-state index is 4.70. The first-order valence-electron chi connectivity index (χ1n) is 6.32. The van der Waals surface area contributed by atoms with Gasteiger partial charge in [-0.2, -0.15) is 0 Å². The molecule has 0 aromatic carbocycles. The first-order valence-corrected chi connectivity index (χ1v) is 7.40. The summed E-state index contributed by atoms with van der Waals surface area (Å²) in [5.74, 6) is 1.64. The fraction of sp³-hybridized carbons (Fsp3) is 0.357. The molecular weight excluding hydrogens is 351 g/mol. The van der Waals surface area contributed by atoms with E-state index in [1.54, 1.807) is 6.20 Å². The molecule has 0 aliphatic carbocycles. The van der Waals surface area contributed by atoms with Crippen molar-refractivity contribution in [3.63, 3.8) is 0 Å². The van der Waals surface area contributed by atoms with Crippen LogP contribution in [0.25, 0.3) is 11.4 Å². The van der Waals surface area contributed by atoms with Crippen LogP contribution in [0.5, 0.6) is 0 Å². The van der Waals surface area contributed by atoms with Crippen molar-refractivity contribution in [2.75, 3.05) is 12.4 Å². The van der Waals surface area contributed by atoms with Crippen LogP contribution in [0.4, 0.5) is 5.82 Å². The summed E-state index contributed by atoms with van der Waals surface area (Å²) in [6.07, 6.45) is 5.65. The minimum Gasteiger partial charge on any atom is -0.372 e. The van der Waals surface area contributed by atoms with Gasteiger partial charge in [0.05, 0.1) is 9.26 Å². The highest BCUT2D eigenvalue weighted by Gasteiger charge is 2.13. The van der Waals surface area contributed by atoms with Gasteiger partial charge in [-0.3, -0.25) is 4.98 Å². The Morgan fingerprint density at radius 2 is 2.11 bits per heavy atom. The molecule has 0 bridgehead atoms. The van der Waals surface area contributed by atoms with Crippen molar-refractivity contribution in [2.45, 2.75) is 26.7 Å². The molecule has 0 radical (unpaired) electrons. The SMILES string of the molecule is CCCc1nc(-c2cnccc2C)nc(NC)c1I. The van der Waals surface area contributed by atoms with Crippen molar-refractivity contribution in [2.24, 2.45) is 0 Å². The largest absolute Gasteiger partial charge is 0.372 e. The first kappa shape index (κ1) is 14.2. The molecule has 0 aliphatic heterocycles. The minimum absolute atomic E-state index is 0.749. The van der Waals surface area contributed by atoms with Gasteiger partial charge >= 0.3 is 0 Å². The maximum atomic E-state index is 4.70. The lowest BCUT2D eigenvalue weighted by molar-refractivity contribution is 0.867. The molecule has 2 aromatic rings. The van der Waals surface area contributed by atoms with Gasteiger partial charge in [0, 0.05) is 25.0 Å². The number of rotatable bonds is 4. The lowest BCUT2D eigenvalue weighted by Crippen LogP contribution is -2.06. The highest BCUT2D eigenvalue weighted by Crippen LogP contribution is 2.25. The molecule has 0 unspecified atom stereocenters. The highest BCUT2D eigenvalue weighted by atomic mass is 127. The number of aryl methyl sites for hydroxylation is 2. The van der Waals surface area contributed by atoms with Crippen molar-refractivity contribution in [3.8, 4) is 11.4 Å². The summed E-state index contributed by atoms with van der Waals surface area (Å²) in [5, 5.41) is 3.14. The topological polar surface area (TPSA) is 50.7 Å². The molecule has 19 heavy (non-hydrogen) atoms. The second kappa shape index (κ2) is 6.27. The van der Waals surface area contributed by atoms with Crippen molar-refractivity contribution < 1.29 is 0 Å². The van der Waals surface area contributed by atoms with Gasteiger partial charge in [0.25, 0.3) is 0 Å². The van der Waals surface area contributed by atoms with Crippen LogP contribution < -0.4 is 5.32 Å². The molecule has 0 atom stereocenters. The number of pyridine rings is 1. The van der Waals surface area contributed by atoms with E-state index in [1.807, 2.05) is 19.3 Å². The van der Waals surface area contributed by atoms with E-state index in [4.69, 9.17) is 4.98 Å². The summed E-state index contributed by atoms with van der Waals surface area (Å²) in [6.45, 7) is 4.21. The monoisotopic (exact) mass is 368 g/mol. The molecule has 0 amide bonds. The number of anilines is 1. The van der Waals surface area contributed by atoms with Crippen molar-refractivity contribution in [3.05, 3.63) is 33.3 Å². The maximum Gasteiger partial charge on any atom is 0.163 e. The smallest absolute Gasteiger partial charge is 0.163 e. The zero-order valence-electron chi connectivity index (χ0n) is 11.4. The van der Waals surface area contributed by atoms with E-state index in [0.717, 1.165) is 44.9 Å².